The molecule has 0 saturated carbocycles. The lowest BCUT2D eigenvalue weighted by Gasteiger charge is -2.12. The summed E-state index contributed by atoms with van der Waals surface area (Å²) in [6.45, 7) is 2.01. The van der Waals surface area contributed by atoms with Gasteiger partial charge >= 0.3 is 12.3 Å². The molecule has 0 aliphatic carbocycles. The van der Waals surface area contributed by atoms with E-state index in [4.69, 9.17) is 9.47 Å². The maximum Gasteiger partial charge on any atom is 0.573 e. The molecule has 0 aliphatic rings. The molecule has 0 radical (unpaired) electrons. The van der Waals surface area contributed by atoms with Gasteiger partial charge in [0, 0.05) is 5.56 Å². The molecule has 3 rings (SSSR count). The van der Waals surface area contributed by atoms with E-state index in [0.717, 1.165) is 23.1 Å². The van der Waals surface area contributed by atoms with Crippen molar-refractivity contribution in [3.8, 4) is 28.4 Å². The number of methoxy groups -OCH3 is 1. The molecule has 0 unspecified atom stereocenters. The van der Waals surface area contributed by atoms with Crippen LogP contribution < -0.4 is 9.47 Å². The summed E-state index contributed by atoms with van der Waals surface area (Å²) in [5.74, 6) is 0.438. The lowest BCUT2D eigenvalue weighted by atomic mass is 10.0. The maximum atomic E-state index is 12.4. The number of esters is 1. The SMILES string of the molecule is CC/C=C\c1cc(-c2ccc(OC(F)(F)F)cc2)ccc1Oc1ccc(C(=O)OC)cc1. The topological polar surface area (TPSA) is 44.8 Å². The van der Waals surface area contributed by atoms with Crippen molar-refractivity contribution in [3.63, 3.8) is 0 Å². The first-order chi connectivity index (χ1) is 15.3. The fourth-order valence-electron chi connectivity index (χ4n) is 2.95. The maximum absolute atomic E-state index is 12.4. The van der Waals surface area contributed by atoms with Crippen molar-refractivity contribution in [2.24, 2.45) is 0 Å². The summed E-state index contributed by atoms with van der Waals surface area (Å²) in [7, 11) is 1.32. The lowest BCUT2D eigenvalue weighted by Crippen LogP contribution is -2.16. The molecule has 0 saturated heterocycles. The van der Waals surface area contributed by atoms with Crippen LogP contribution >= 0.6 is 0 Å². The smallest absolute Gasteiger partial charge is 0.465 e. The van der Waals surface area contributed by atoms with Crippen molar-refractivity contribution in [2.75, 3.05) is 7.11 Å². The molecule has 0 bridgehead atoms. The summed E-state index contributed by atoms with van der Waals surface area (Å²) in [5, 5.41) is 0. The number of carbonyl (C=O) groups excluding carboxylic acids is 1. The highest BCUT2D eigenvalue weighted by Gasteiger charge is 2.30. The van der Waals surface area contributed by atoms with E-state index in [1.54, 1.807) is 42.5 Å². The van der Waals surface area contributed by atoms with Crippen LogP contribution in [0.5, 0.6) is 17.2 Å². The summed E-state index contributed by atoms with van der Waals surface area (Å²) in [6.07, 6.45) is -0.00989. The summed E-state index contributed by atoms with van der Waals surface area (Å²) in [6, 6.07) is 17.8. The minimum Gasteiger partial charge on any atom is -0.465 e. The van der Waals surface area contributed by atoms with Crippen LogP contribution in [0.25, 0.3) is 17.2 Å². The molecule has 0 amide bonds. The average molecular weight is 442 g/mol. The molecule has 32 heavy (non-hydrogen) atoms. The van der Waals surface area contributed by atoms with Crippen LogP contribution in [0.2, 0.25) is 0 Å². The zero-order valence-electron chi connectivity index (χ0n) is 17.5. The van der Waals surface area contributed by atoms with E-state index < -0.39 is 12.3 Å². The van der Waals surface area contributed by atoms with E-state index in [1.807, 2.05) is 31.2 Å². The Bertz CT molecular complexity index is 1090. The second-order valence-electron chi connectivity index (χ2n) is 6.75. The van der Waals surface area contributed by atoms with Crippen molar-refractivity contribution >= 4 is 12.0 Å². The van der Waals surface area contributed by atoms with Gasteiger partial charge in [0.2, 0.25) is 0 Å². The normalized spacial score (nSPS) is 11.4. The molecular formula is C25H21F3O4. The fourth-order valence-corrected chi connectivity index (χ4v) is 2.95. The van der Waals surface area contributed by atoms with Gasteiger partial charge in [0.1, 0.15) is 17.2 Å². The van der Waals surface area contributed by atoms with Gasteiger partial charge in [0.15, 0.2) is 0 Å². The Balaban J connectivity index is 1.86. The minimum atomic E-state index is -4.73. The molecule has 0 spiro atoms. The van der Waals surface area contributed by atoms with Gasteiger partial charge in [0.05, 0.1) is 12.7 Å². The third kappa shape index (κ3) is 6.14. The molecule has 3 aromatic carbocycles. The number of ether oxygens (including phenoxy) is 3. The predicted molar refractivity (Wildman–Crippen MR) is 116 cm³/mol. The number of hydrogen-bond acceptors (Lipinski definition) is 4. The Labute approximate surface area is 183 Å². The van der Waals surface area contributed by atoms with Crippen molar-refractivity contribution < 1.29 is 32.2 Å². The first-order valence-corrected chi connectivity index (χ1v) is 9.82. The predicted octanol–water partition coefficient (Wildman–Crippen LogP) is 7.25. The Hall–Kier alpha value is -3.74. The largest absolute Gasteiger partial charge is 0.573 e. The van der Waals surface area contributed by atoms with Crippen LogP contribution in [0.3, 0.4) is 0 Å². The standard InChI is InChI=1S/C25H21F3O4/c1-3-4-5-20-16-19(17-6-13-22(14-7-17)32-25(26,27)28)10-15-23(20)31-21-11-8-18(9-12-21)24(29)30-2/h4-16H,3H2,1-2H3/b5-4-. The third-order valence-electron chi connectivity index (χ3n) is 4.47. The molecule has 0 aliphatic heterocycles. The third-order valence-corrected chi connectivity index (χ3v) is 4.47. The first-order valence-electron chi connectivity index (χ1n) is 9.82. The molecule has 0 heterocycles. The van der Waals surface area contributed by atoms with E-state index in [-0.39, 0.29) is 5.75 Å². The van der Waals surface area contributed by atoms with E-state index in [0.29, 0.717) is 17.1 Å². The number of alkyl halides is 3. The number of rotatable bonds is 7. The van der Waals surface area contributed by atoms with Gasteiger partial charge in [0.25, 0.3) is 0 Å². The summed E-state index contributed by atoms with van der Waals surface area (Å²) in [4.78, 5) is 11.6. The number of carbonyl (C=O) groups is 1. The van der Waals surface area contributed by atoms with Crippen LogP contribution in [0.4, 0.5) is 13.2 Å². The summed E-state index contributed by atoms with van der Waals surface area (Å²) >= 11 is 0. The lowest BCUT2D eigenvalue weighted by molar-refractivity contribution is -0.274. The molecule has 0 aromatic heterocycles. The van der Waals surface area contributed by atoms with Crippen molar-refractivity contribution in [2.45, 2.75) is 19.7 Å². The molecule has 4 nitrogen and oxygen atoms in total. The highest BCUT2D eigenvalue weighted by atomic mass is 19.4. The van der Waals surface area contributed by atoms with Crippen molar-refractivity contribution in [1.82, 2.24) is 0 Å². The van der Waals surface area contributed by atoms with Crippen molar-refractivity contribution in [3.05, 3.63) is 83.9 Å². The average Bonchev–Trinajstić information content (AvgIpc) is 2.78. The quantitative estimate of drug-likeness (QED) is 0.362. The zero-order valence-corrected chi connectivity index (χ0v) is 17.5. The molecule has 0 N–H and O–H groups in total. The molecular weight excluding hydrogens is 421 g/mol. The Morgan fingerprint density at radius 1 is 0.906 bits per heavy atom. The van der Waals surface area contributed by atoms with Gasteiger partial charge in [-0.1, -0.05) is 37.3 Å². The second-order valence-corrected chi connectivity index (χ2v) is 6.75. The van der Waals surface area contributed by atoms with Gasteiger partial charge in [-0.25, -0.2) is 4.79 Å². The van der Waals surface area contributed by atoms with E-state index >= 15 is 0 Å². The van der Waals surface area contributed by atoms with Crippen LogP contribution in [0.1, 0.15) is 29.3 Å². The van der Waals surface area contributed by atoms with E-state index in [9.17, 15) is 18.0 Å². The van der Waals surface area contributed by atoms with Gasteiger partial charge in [-0.05, 0) is 66.1 Å². The highest BCUT2D eigenvalue weighted by Crippen LogP contribution is 2.32. The Morgan fingerprint density at radius 3 is 2.12 bits per heavy atom. The fraction of sp³-hybridized carbons (Fsp3) is 0.160. The van der Waals surface area contributed by atoms with Crippen LogP contribution in [0, 0.1) is 0 Å². The van der Waals surface area contributed by atoms with Crippen molar-refractivity contribution in [1.29, 1.82) is 0 Å². The van der Waals surface area contributed by atoms with Gasteiger partial charge < -0.3 is 14.2 Å². The molecule has 166 valence electrons. The molecule has 7 heteroatoms. The number of benzene rings is 3. The molecule has 0 atom stereocenters. The second kappa shape index (κ2) is 10.0. The van der Waals surface area contributed by atoms with Gasteiger partial charge in [-0.2, -0.15) is 0 Å². The van der Waals surface area contributed by atoms with Crippen LogP contribution in [0.15, 0.2) is 72.8 Å². The van der Waals surface area contributed by atoms with Gasteiger partial charge in [-0.3, -0.25) is 0 Å². The Morgan fingerprint density at radius 2 is 1.53 bits per heavy atom. The van der Waals surface area contributed by atoms with Crippen LogP contribution in [-0.2, 0) is 4.74 Å². The summed E-state index contributed by atoms with van der Waals surface area (Å²) in [5.41, 5.74) is 2.77. The summed E-state index contributed by atoms with van der Waals surface area (Å²) < 4.78 is 51.7. The first kappa shape index (κ1) is 22.9. The molecule has 0 fully saturated rings. The highest BCUT2D eigenvalue weighted by molar-refractivity contribution is 5.89. The zero-order chi connectivity index (χ0) is 23.1. The van der Waals surface area contributed by atoms with E-state index in [2.05, 4.69) is 4.74 Å². The Kier molecular flexibility index (Phi) is 7.20. The van der Waals surface area contributed by atoms with Gasteiger partial charge in [-0.15, -0.1) is 13.2 Å². The van der Waals surface area contributed by atoms with E-state index in [1.165, 1.54) is 19.2 Å². The number of halogens is 3. The molecule has 3 aromatic rings. The monoisotopic (exact) mass is 442 g/mol. The minimum absolute atomic E-state index is 0.275. The number of allylic oxidation sites excluding steroid dienone is 1. The van der Waals surface area contributed by atoms with Crippen LogP contribution in [-0.4, -0.2) is 19.4 Å². The number of hydrogen-bond donors (Lipinski definition) is 0.